The summed E-state index contributed by atoms with van der Waals surface area (Å²) in [6.07, 6.45) is 1.90. The summed E-state index contributed by atoms with van der Waals surface area (Å²) in [7, 11) is -4.82. The highest BCUT2D eigenvalue weighted by molar-refractivity contribution is 7.80. The number of piperidine rings is 1. The van der Waals surface area contributed by atoms with E-state index in [1.54, 1.807) is 0 Å². The van der Waals surface area contributed by atoms with Crippen LogP contribution in [0.15, 0.2) is 0 Å². The Labute approximate surface area is 156 Å². The van der Waals surface area contributed by atoms with Gasteiger partial charge in [-0.25, -0.2) is 10.3 Å². The van der Waals surface area contributed by atoms with E-state index < -0.39 is 34.4 Å². The lowest BCUT2D eigenvalue weighted by atomic mass is 10.0. The second-order valence-electron chi connectivity index (χ2n) is 6.86. The predicted octanol–water partition coefficient (Wildman–Crippen LogP) is -1.07. The van der Waals surface area contributed by atoms with Gasteiger partial charge in [-0.1, -0.05) is 0 Å². The van der Waals surface area contributed by atoms with Gasteiger partial charge in [0, 0.05) is 19.0 Å². The second-order valence-corrected chi connectivity index (χ2v) is 7.86. The molecule has 13 heteroatoms. The molecular weight excluding hydrogens is 382 g/mol. The van der Waals surface area contributed by atoms with Gasteiger partial charge in [-0.2, -0.15) is 18.7 Å². The topological polar surface area (TPSA) is 161 Å². The van der Waals surface area contributed by atoms with Crippen LogP contribution < -0.4 is 10.8 Å². The molecule has 3 amide bonds. The molecule has 0 spiro atoms. The van der Waals surface area contributed by atoms with E-state index in [1.165, 1.54) is 4.90 Å². The van der Waals surface area contributed by atoms with Crippen molar-refractivity contribution in [2.75, 3.05) is 19.7 Å². The zero-order valence-electron chi connectivity index (χ0n) is 14.4. The smallest absolute Gasteiger partial charge is 0.311 e. The summed E-state index contributed by atoms with van der Waals surface area (Å²) >= 11 is 0. The summed E-state index contributed by atoms with van der Waals surface area (Å²) in [6.45, 7) is 1.08. The summed E-state index contributed by atoms with van der Waals surface area (Å²) in [4.78, 5) is 31.0. The summed E-state index contributed by atoms with van der Waals surface area (Å²) in [5, 5.41) is 12.5. The first-order chi connectivity index (χ1) is 12.8. The number of hydrogen-bond acceptors (Lipinski definition) is 8. The summed E-state index contributed by atoms with van der Waals surface area (Å²) in [6, 6.07) is -0.00124. The third-order valence-corrected chi connectivity index (χ3v) is 5.30. The van der Waals surface area contributed by atoms with Crippen molar-refractivity contribution >= 4 is 22.3 Å². The third kappa shape index (κ3) is 4.66. The minimum atomic E-state index is -4.82. The second kappa shape index (κ2) is 7.95. The van der Waals surface area contributed by atoms with Crippen molar-refractivity contribution in [3.05, 3.63) is 0 Å². The Morgan fingerprint density at radius 3 is 2.93 bits per heavy atom. The first-order valence-corrected chi connectivity index (χ1v) is 9.94. The Balaban J connectivity index is 1.47. The minimum absolute atomic E-state index is 0.0338. The van der Waals surface area contributed by atoms with E-state index >= 15 is 0 Å². The molecule has 27 heavy (non-hydrogen) atoms. The number of fused-ring (bicyclic) bond motifs is 2. The molecule has 0 radical (unpaired) electrons. The van der Waals surface area contributed by atoms with Gasteiger partial charge in [0.1, 0.15) is 6.04 Å². The first-order valence-electron chi connectivity index (χ1n) is 8.57. The van der Waals surface area contributed by atoms with Crippen LogP contribution in [-0.4, -0.2) is 72.7 Å². The standard InChI is InChI=1S/C14H21N5O7S/c15-4-3-9-5-10(16-6-9)8-25-17-13(20)12-2-1-11-7-18(12)14(21)19(11)26-27(22,23)24/h9-12,16H,1-3,5-8H2,(H,17,20)(H,22,23,24)/t9-,10-,11?,12?/m1/s1. The molecule has 3 fully saturated rings. The van der Waals surface area contributed by atoms with E-state index in [1.807, 2.05) is 0 Å². The Kier molecular flexibility index (Phi) is 5.82. The summed E-state index contributed by atoms with van der Waals surface area (Å²) in [5.74, 6) is -0.243. The number of hydroxylamine groups is 3. The number of carbonyl (C=O) groups is 2. The highest BCUT2D eigenvalue weighted by Crippen LogP contribution is 2.30. The highest BCUT2D eigenvalue weighted by Gasteiger charge is 2.49. The molecule has 3 aliphatic rings. The fourth-order valence-corrected chi connectivity index (χ4v) is 4.09. The highest BCUT2D eigenvalue weighted by atomic mass is 32.3. The SMILES string of the molecule is N#CC[C@H]1CN[C@@H](CONC(=O)C2CCC3CN2C(=O)N3OS(=O)(=O)O)C1. The number of nitrogens with one attached hydrogen (secondary N) is 2. The van der Waals surface area contributed by atoms with E-state index in [9.17, 15) is 18.0 Å². The zero-order chi connectivity index (χ0) is 19.6. The number of hydrogen-bond donors (Lipinski definition) is 3. The average Bonchev–Trinajstić information content (AvgIpc) is 3.13. The molecule has 0 aromatic rings. The molecule has 4 atom stereocenters. The summed E-state index contributed by atoms with van der Waals surface area (Å²) in [5.41, 5.74) is 2.33. The molecule has 150 valence electrons. The molecular formula is C14H21N5O7S. The molecule has 3 saturated heterocycles. The van der Waals surface area contributed by atoms with Gasteiger partial charge in [0.15, 0.2) is 0 Å². The van der Waals surface area contributed by atoms with Crippen LogP contribution in [0.1, 0.15) is 25.7 Å². The van der Waals surface area contributed by atoms with Gasteiger partial charge >= 0.3 is 16.4 Å². The number of nitrogens with zero attached hydrogens (tertiary/aromatic N) is 3. The molecule has 12 nitrogen and oxygen atoms in total. The number of rotatable bonds is 7. The summed E-state index contributed by atoms with van der Waals surface area (Å²) < 4.78 is 34.8. The van der Waals surface area contributed by atoms with Crippen molar-refractivity contribution < 1.29 is 31.7 Å². The zero-order valence-corrected chi connectivity index (χ0v) is 15.2. The van der Waals surface area contributed by atoms with Crippen molar-refractivity contribution in [3.63, 3.8) is 0 Å². The molecule has 3 aliphatic heterocycles. The lowest BCUT2D eigenvalue weighted by Crippen LogP contribution is -2.50. The van der Waals surface area contributed by atoms with Crippen LogP contribution in [0, 0.1) is 17.2 Å². The van der Waals surface area contributed by atoms with Gasteiger partial charge in [0.05, 0.1) is 18.7 Å². The number of amides is 3. The van der Waals surface area contributed by atoms with Crippen molar-refractivity contribution in [2.24, 2.45) is 5.92 Å². The van der Waals surface area contributed by atoms with Crippen molar-refractivity contribution in [3.8, 4) is 6.07 Å². The van der Waals surface area contributed by atoms with Gasteiger partial charge in [-0.05, 0) is 31.7 Å². The molecule has 2 bridgehead atoms. The van der Waals surface area contributed by atoms with E-state index in [0.717, 1.165) is 13.0 Å². The van der Waals surface area contributed by atoms with Crippen molar-refractivity contribution in [1.82, 2.24) is 20.8 Å². The van der Waals surface area contributed by atoms with E-state index in [4.69, 9.17) is 14.7 Å². The first kappa shape index (κ1) is 19.8. The molecule has 0 aliphatic carbocycles. The molecule has 0 aromatic heterocycles. The number of carbonyl (C=O) groups excluding carboxylic acids is 2. The fraction of sp³-hybridized carbons (Fsp3) is 0.786. The maximum absolute atomic E-state index is 12.3. The monoisotopic (exact) mass is 403 g/mol. The van der Waals surface area contributed by atoms with Crippen molar-refractivity contribution in [2.45, 2.75) is 43.8 Å². The van der Waals surface area contributed by atoms with E-state index in [2.05, 4.69) is 21.1 Å². The van der Waals surface area contributed by atoms with Crippen LogP contribution in [0.2, 0.25) is 0 Å². The minimum Gasteiger partial charge on any atom is -0.311 e. The van der Waals surface area contributed by atoms with Crippen LogP contribution in [0.4, 0.5) is 4.79 Å². The van der Waals surface area contributed by atoms with Gasteiger partial charge < -0.3 is 10.2 Å². The maximum Gasteiger partial charge on any atom is 0.418 e. The molecule has 0 saturated carbocycles. The van der Waals surface area contributed by atoms with Gasteiger partial charge in [-0.3, -0.25) is 14.2 Å². The van der Waals surface area contributed by atoms with Gasteiger partial charge in [-0.15, -0.1) is 4.28 Å². The number of urea groups is 1. The lowest BCUT2D eigenvalue weighted by molar-refractivity contribution is -0.139. The maximum atomic E-state index is 12.3. The Morgan fingerprint density at radius 2 is 2.22 bits per heavy atom. The van der Waals surface area contributed by atoms with Crippen LogP contribution in [-0.2, 0) is 24.3 Å². The molecule has 3 rings (SSSR count). The normalized spacial score (nSPS) is 30.4. The number of nitriles is 1. The van der Waals surface area contributed by atoms with Crippen molar-refractivity contribution in [1.29, 1.82) is 5.26 Å². The molecule has 3 heterocycles. The van der Waals surface area contributed by atoms with Gasteiger partial charge in [0.2, 0.25) is 0 Å². The van der Waals surface area contributed by atoms with Gasteiger partial charge in [0.25, 0.3) is 5.91 Å². The quantitative estimate of drug-likeness (QED) is 0.355. The molecule has 0 aromatic carbocycles. The molecule has 3 N–H and O–H groups in total. The van der Waals surface area contributed by atoms with Crippen LogP contribution >= 0.6 is 0 Å². The van der Waals surface area contributed by atoms with Crippen LogP contribution in [0.5, 0.6) is 0 Å². The van der Waals surface area contributed by atoms with E-state index in [-0.39, 0.29) is 25.1 Å². The lowest BCUT2D eigenvalue weighted by Gasteiger charge is -2.29. The fourth-order valence-electron chi connectivity index (χ4n) is 3.70. The Bertz CT molecular complexity index is 739. The van der Waals surface area contributed by atoms with Crippen LogP contribution in [0.3, 0.4) is 0 Å². The van der Waals surface area contributed by atoms with E-state index in [0.29, 0.717) is 24.3 Å². The third-order valence-electron chi connectivity index (χ3n) is 4.95. The largest absolute Gasteiger partial charge is 0.418 e. The Hall–Kier alpha value is -1.98. The average molecular weight is 403 g/mol. The van der Waals surface area contributed by atoms with Crippen LogP contribution in [0.25, 0.3) is 0 Å². The Morgan fingerprint density at radius 1 is 1.44 bits per heavy atom. The predicted molar refractivity (Wildman–Crippen MR) is 87.6 cm³/mol. The molecule has 2 unspecified atom stereocenters.